The van der Waals surface area contributed by atoms with E-state index in [0.29, 0.717) is 6.07 Å². The predicted octanol–water partition coefficient (Wildman–Crippen LogP) is 0.842. The van der Waals surface area contributed by atoms with Crippen molar-refractivity contribution >= 4 is 19.4 Å². The van der Waals surface area contributed by atoms with Gasteiger partial charge in [-0.15, -0.1) is 0 Å². The highest BCUT2D eigenvalue weighted by Gasteiger charge is 2.55. The lowest BCUT2D eigenvalue weighted by Gasteiger charge is -2.51. The van der Waals surface area contributed by atoms with Crippen LogP contribution in [0.15, 0.2) is 29.2 Å². The van der Waals surface area contributed by atoms with E-state index in [9.17, 15) is 42.6 Å². The SMILES string of the molecule is CN1C(=O)c2c(O)c(=O)c(C(=O)NCc3ccc(F)cc3F)cn2N(C)C12CC[C@H](P(=O)(O)O)C2. The summed E-state index contributed by atoms with van der Waals surface area (Å²) in [5.41, 5.74) is -4.29. The topological polar surface area (TPSA) is 152 Å². The molecule has 1 spiro atoms. The molecule has 4 N–H and O–H groups in total. The van der Waals surface area contributed by atoms with Gasteiger partial charge in [0.25, 0.3) is 11.8 Å². The fourth-order valence-corrected chi connectivity index (χ4v) is 5.75. The Morgan fingerprint density at radius 1 is 1.26 bits per heavy atom. The van der Waals surface area contributed by atoms with E-state index in [-0.39, 0.29) is 31.4 Å². The van der Waals surface area contributed by atoms with Gasteiger partial charge in [0.05, 0.1) is 5.66 Å². The number of rotatable bonds is 4. The summed E-state index contributed by atoms with van der Waals surface area (Å²) in [6.45, 7) is -0.377. The molecular weight excluding hydrogens is 489 g/mol. The van der Waals surface area contributed by atoms with Crippen molar-refractivity contribution in [2.75, 3.05) is 19.1 Å². The molecule has 1 aliphatic carbocycles. The summed E-state index contributed by atoms with van der Waals surface area (Å²) in [5.74, 6) is -4.41. The number of hydrogen-bond acceptors (Lipinski definition) is 6. The lowest BCUT2D eigenvalue weighted by molar-refractivity contribution is 0.0402. The second-order valence-electron chi connectivity index (χ2n) is 8.69. The Morgan fingerprint density at radius 3 is 2.54 bits per heavy atom. The summed E-state index contributed by atoms with van der Waals surface area (Å²) in [5, 5.41) is 14.3. The van der Waals surface area contributed by atoms with Crippen molar-refractivity contribution in [3.63, 3.8) is 0 Å². The molecule has 1 saturated carbocycles. The highest BCUT2D eigenvalue weighted by Crippen LogP contribution is 2.54. The first-order chi connectivity index (χ1) is 16.3. The smallest absolute Gasteiger partial charge is 0.328 e. The van der Waals surface area contributed by atoms with Gasteiger partial charge in [0.1, 0.15) is 22.9 Å². The van der Waals surface area contributed by atoms with Gasteiger partial charge in [-0.25, -0.2) is 8.78 Å². The minimum absolute atomic E-state index is 0.0376. The van der Waals surface area contributed by atoms with Gasteiger partial charge < -0.3 is 25.1 Å². The maximum Gasteiger partial charge on any atom is 0.328 e. The maximum atomic E-state index is 13.9. The summed E-state index contributed by atoms with van der Waals surface area (Å²) in [6.07, 6.45) is 1.29. The number of halogens is 2. The van der Waals surface area contributed by atoms with Crippen LogP contribution in [0.1, 0.15) is 45.7 Å². The van der Waals surface area contributed by atoms with Crippen LogP contribution < -0.4 is 15.8 Å². The molecule has 1 aromatic carbocycles. The Kier molecular flexibility index (Phi) is 5.98. The van der Waals surface area contributed by atoms with Crippen molar-refractivity contribution in [3.05, 3.63) is 63.1 Å². The number of carbonyl (C=O) groups is 2. The Bertz CT molecular complexity index is 1340. The van der Waals surface area contributed by atoms with Crippen LogP contribution in [-0.2, 0) is 11.1 Å². The Balaban J connectivity index is 1.70. The number of fused-ring (bicyclic) bond motifs is 1. The van der Waals surface area contributed by atoms with Gasteiger partial charge in [-0.1, -0.05) is 6.07 Å². The standard InChI is InChI=1S/C21H23F2N4O7P/c1-25-20(31)16-18(29)17(28)14(19(30)24-9-11-3-4-12(22)7-15(11)23)10-27(16)26(2)21(25)6-5-13(8-21)35(32,33)34/h3-4,7,10,13,29H,5-6,8-9H2,1-2H3,(H,24,30)(H2,32,33,34)/t13-,21?/m0/s1. The lowest BCUT2D eigenvalue weighted by Crippen LogP contribution is -2.67. The van der Waals surface area contributed by atoms with E-state index in [1.54, 1.807) is 0 Å². The molecule has 0 bridgehead atoms. The van der Waals surface area contributed by atoms with Crippen molar-refractivity contribution in [1.29, 1.82) is 0 Å². The van der Waals surface area contributed by atoms with E-state index < -0.39 is 64.8 Å². The molecule has 1 fully saturated rings. The van der Waals surface area contributed by atoms with Crippen molar-refractivity contribution in [1.82, 2.24) is 14.9 Å². The molecule has 2 amide bonds. The second-order valence-corrected chi connectivity index (χ2v) is 10.6. The van der Waals surface area contributed by atoms with Gasteiger partial charge in [-0.05, 0) is 18.9 Å². The van der Waals surface area contributed by atoms with Crippen LogP contribution in [0.3, 0.4) is 0 Å². The Labute approximate surface area is 197 Å². The first-order valence-corrected chi connectivity index (χ1v) is 12.2. The van der Waals surface area contributed by atoms with E-state index in [2.05, 4.69) is 5.32 Å². The molecule has 0 radical (unpaired) electrons. The number of hydrogen-bond donors (Lipinski definition) is 4. The molecule has 188 valence electrons. The molecule has 4 rings (SSSR count). The fourth-order valence-electron chi connectivity index (χ4n) is 4.75. The molecule has 1 aromatic heterocycles. The Hall–Kier alpha value is -3.28. The van der Waals surface area contributed by atoms with E-state index >= 15 is 0 Å². The zero-order chi connectivity index (χ0) is 25.9. The summed E-state index contributed by atoms with van der Waals surface area (Å²) in [7, 11) is -1.53. The summed E-state index contributed by atoms with van der Waals surface area (Å²) in [4.78, 5) is 59.1. The molecule has 0 saturated heterocycles. The molecule has 14 heteroatoms. The van der Waals surface area contributed by atoms with Gasteiger partial charge in [0.2, 0.25) is 5.43 Å². The zero-order valence-electron chi connectivity index (χ0n) is 18.7. The van der Waals surface area contributed by atoms with Gasteiger partial charge in [0, 0.05) is 44.9 Å². The lowest BCUT2D eigenvalue weighted by atomic mass is 10.0. The molecule has 2 aromatic rings. The van der Waals surface area contributed by atoms with Crippen molar-refractivity contribution in [2.45, 2.75) is 37.1 Å². The van der Waals surface area contributed by atoms with Crippen LogP contribution in [-0.4, -0.2) is 61.7 Å². The van der Waals surface area contributed by atoms with E-state index in [4.69, 9.17) is 0 Å². The number of aromatic nitrogens is 1. The molecule has 2 aliphatic rings. The number of pyridine rings is 1. The normalized spacial score (nSPS) is 22.0. The van der Waals surface area contributed by atoms with Gasteiger partial charge >= 0.3 is 7.60 Å². The van der Waals surface area contributed by atoms with Gasteiger partial charge in [-0.2, -0.15) is 0 Å². The van der Waals surface area contributed by atoms with Crippen molar-refractivity contribution < 1.29 is 37.8 Å². The van der Waals surface area contributed by atoms with E-state index in [1.807, 2.05) is 0 Å². The van der Waals surface area contributed by atoms with E-state index in [1.165, 1.54) is 24.0 Å². The molecule has 2 heterocycles. The van der Waals surface area contributed by atoms with Crippen LogP contribution in [0, 0.1) is 11.6 Å². The van der Waals surface area contributed by atoms with Crippen LogP contribution in [0.2, 0.25) is 0 Å². The molecule has 35 heavy (non-hydrogen) atoms. The molecule has 1 aliphatic heterocycles. The predicted molar refractivity (Wildman–Crippen MR) is 119 cm³/mol. The number of amides is 2. The van der Waals surface area contributed by atoms with Crippen LogP contribution in [0.4, 0.5) is 8.78 Å². The summed E-state index contributed by atoms with van der Waals surface area (Å²) < 4.78 is 40.0. The van der Waals surface area contributed by atoms with Crippen LogP contribution >= 0.6 is 7.60 Å². The van der Waals surface area contributed by atoms with Crippen LogP contribution in [0.25, 0.3) is 0 Å². The molecule has 2 atom stereocenters. The molecule has 1 unspecified atom stereocenters. The highest BCUT2D eigenvalue weighted by atomic mass is 31.2. The largest absolute Gasteiger partial charge is 0.502 e. The van der Waals surface area contributed by atoms with Crippen LogP contribution in [0.5, 0.6) is 5.75 Å². The number of aromatic hydroxyl groups is 1. The first kappa shape index (κ1) is 24.8. The average Bonchev–Trinajstić information content (AvgIpc) is 3.24. The number of nitrogens with one attached hydrogen (secondary N) is 1. The maximum absolute atomic E-state index is 13.9. The zero-order valence-corrected chi connectivity index (χ0v) is 19.6. The average molecular weight is 512 g/mol. The summed E-state index contributed by atoms with van der Waals surface area (Å²) in [6, 6.07) is 2.78. The fraction of sp³-hybridized carbons (Fsp3) is 0.381. The number of carbonyl (C=O) groups excluding carboxylic acids is 2. The summed E-state index contributed by atoms with van der Waals surface area (Å²) >= 11 is 0. The van der Waals surface area contributed by atoms with Crippen molar-refractivity contribution in [2.24, 2.45) is 0 Å². The highest BCUT2D eigenvalue weighted by molar-refractivity contribution is 7.52. The monoisotopic (exact) mass is 512 g/mol. The van der Waals surface area contributed by atoms with Gasteiger partial charge in [-0.3, -0.25) is 28.6 Å². The third-order valence-corrected chi connectivity index (χ3v) is 8.23. The molecular formula is C21H23F2N4O7P. The minimum atomic E-state index is -4.44. The number of nitrogens with zero attached hydrogens (tertiary/aromatic N) is 3. The van der Waals surface area contributed by atoms with Crippen molar-refractivity contribution in [3.8, 4) is 5.75 Å². The van der Waals surface area contributed by atoms with Gasteiger partial charge in [0.15, 0.2) is 11.4 Å². The first-order valence-electron chi connectivity index (χ1n) is 10.6. The Morgan fingerprint density at radius 2 is 1.94 bits per heavy atom. The number of benzene rings is 1. The molecule has 11 nitrogen and oxygen atoms in total. The minimum Gasteiger partial charge on any atom is -0.502 e. The van der Waals surface area contributed by atoms with E-state index in [0.717, 1.165) is 23.0 Å². The third kappa shape index (κ3) is 3.99. The third-order valence-electron chi connectivity index (χ3n) is 6.84. The quantitative estimate of drug-likeness (QED) is 0.440. The second kappa shape index (κ2) is 8.43.